The van der Waals surface area contributed by atoms with Crippen molar-refractivity contribution in [1.82, 2.24) is 10.3 Å². The molecule has 0 radical (unpaired) electrons. The van der Waals surface area contributed by atoms with Crippen LogP contribution >= 0.6 is 0 Å². The van der Waals surface area contributed by atoms with Crippen molar-refractivity contribution >= 4 is 22.6 Å². The molecule has 148 valence electrons. The molecule has 0 saturated carbocycles. The molecule has 0 bridgehead atoms. The van der Waals surface area contributed by atoms with Gasteiger partial charge in [0.1, 0.15) is 11.5 Å². The van der Waals surface area contributed by atoms with E-state index in [0.29, 0.717) is 11.6 Å². The largest absolute Gasteiger partial charge is 0.430 e. The van der Waals surface area contributed by atoms with Gasteiger partial charge in [0.2, 0.25) is 0 Å². The van der Waals surface area contributed by atoms with E-state index in [9.17, 15) is 18.0 Å². The van der Waals surface area contributed by atoms with E-state index < -0.39 is 17.8 Å². The van der Waals surface area contributed by atoms with Crippen molar-refractivity contribution in [2.75, 3.05) is 7.05 Å². The minimum absolute atomic E-state index is 0.256. The molecule has 3 N–H and O–H groups in total. The third-order valence-corrected chi connectivity index (χ3v) is 4.12. The van der Waals surface area contributed by atoms with Gasteiger partial charge >= 0.3 is 6.18 Å². The molecule has 29 heavy (non-hydrogen) atoms. The van der Waals surface area contributed by atoms with Crippen LogP contribution in [0.15, 0.2) is 77.4 Å². The number of rotatable bonds is 3. The van der Waals surface area contributed by atoms with Crippen molar-refractivity contribution in [3.05, 3.63) is 78.0 Å². The van der Waals surface area contributed by atoms with Gasteiger partial charge in [-0.3, -0.25) is 9.79 Å². The number of aliphatic imine (C=N–C) groups is 1. The molecule has 0 saturated heterocycles. The summed E-state index contributed by atoms with van der Waals surface area (Å²) in [6.07, 6.45) is -4.13. The molecular weight excluding hydrogens is 381 g/mol. The maximum Gasteiger partial charge on any atom is 0.430 e. The monoisotopic (exact) mass is 398 g/mol. The van der Waals surface area contributed by atoms with Crippen LogP contribution < -0.4 is 11.1 Å². The standard InChI is InChI=1S/C21H17F3N4O/c1-26-19(12-18(25)21(22,23)24)28-20(29)15-8-10-17-14(11-15)7-9-16(27-17)13-5-3-2-4-6-13/h2-12H,25H2,1H3,(H,26,28,29). The number of nitrogens with two attached hydrogens (primary N) is 1. The number of carbonyl (C=O) groups is 1. The molecule has 0 unspecified atom stereocenters. The molecule has 2 aromatic carbocycles. The molecule has 0 aliphatic rings. The first-order chi connectivity index (χ1) is 13.8. The summed E-state index contributed by atoms with van der Waals surface area (Å²) in [5.74, 6) is -0.895. The molecule has 1 amide bonds. The van der Waals surface area contributed by atoms with Gasteiger partial charge in [-0.2, -0.15) is 13.2 Å². The fraction of sp³-hybridized carbons (Fsp3) is 0.0952. The van der Waals surface area contributed by atoms with Crippen LogP contribution in [-0.4, -0.2) is 30.0 Å². The summed E-state index contributed by atoms with van der Waals surface area (Å²) in [6.45, 7) is 0. The number of amidine groups is 1. The van der Waals surface area contributed by atoms with Gasteiger partial charge in [-0.1, -0.05) is 36.4 Å². The molecule has 1 aromatic heterocycles. The Labute approximate surface area is 164 Å². The number of allylic oxidation sites excluding steroid dienone is 1. The van der Waals surface area contributed by atoms with E-state index in [0.717, 1.165) is 16.6 Å². The lowest BCUT2D eigenvalue weighted by Crippen LogP contribution is -2.31. The molecule has 0 spiro atoms. The SMILES string of the molecule is CN=C(C=C(N)C(F)(F)F)NC(=O)c1ccc2nc(-c3ccccc3)ccc2c1. The molecule has 5 nitrogen and oxygen atoms in total. The van der Waals surface area contributed by atoms with Gasteiger partial charge < -0.3 is 11.1 Å². The van der Waals surface area contributed by atoms with Crippen molar-refractivity contribution in [3.63, 3.8) is 0 Å². The highest BCUT2D eigenvalue weighted by atomic mass is 19.4. The van der Waals surface area contributed by atoms with Crippen molar-refractivity contribution < 1.29 is 18.0 Å². The van der Waals surface area contributed by atoms with Crippen molar-refractivity contribution in [3.8, 4) is 11.3 Å². The van der Waals surface area contributed by atoms with Crippen LogP contribution in [0.1, 0.15) is 10.4 Å². The number of nitrogens with one attached hydrogen (secondary N) is 1. The third-order valence-electron chi connectivity index (χ3n) is 4.12. The fourth-order valence-corrected chi connectivity index (χ4v) is 2.61. The summed E-state index contributed by atoms with van der Waals surface area (Å²) >= 11 is 0. The highest BCUT2D eigenvalue weighted by molar-refractivity contribution is 6.11. The highest BCUT2D eigenvalue weighted by Crippen LogP contribution is 2.22. The van der Waals surface area contributed by atoms with Gasteiger partial charge in [0.15, 0.2) is 0 Å². The summed E-state index contributed by atoms with van der Waals surface area (Å²) < 4.78 is 37.7. The lowest BCUT2D eigenvalue weighted by Gasteiger charge is -2.09. The van der Waals surface area contributed by atoms with E-state index in [-0.39, 0.29) is 11.4 Å². The molecule has 0 fully saturated rings. The zero-order valence-electron chi connectivity index (χ0n) is 15.4. The van der Waals surface area contributed by atoms with E-state index in [1.54, 1.807) is 18.2 Å². The number of benzene rings is 2. The van der Waals surface area contributed by atoms with Crippen LogP contribution in [0.5, 0.6) is 0 Å². The number of amides is 1. The van der Waals surface area contributed by atoms with Crippen LogP contribution in [0.2, 0.25) is 0 Å². The Hall–Kier alpha value is -3.68. The number of pyridine rings is 1. The van der Waals surface area contributed by atoms with E-state index in [4.69, 9.17) is 5.73 Å². The molecule has 8 heteroatoms. The minimum atomic E-state index is -4.70. The first kappa shape index (κ1) is 20.1. The normalized spacial score (nSPS) is 12.8. The summed E-state index contributed by atoms with van der Waals surface area (Å²) in [6, 6.07) is 18.1. The number of nitrogens with zero attached hydrogens (tertiary/aromatic N) is 2. The van der Waals surface area contributed by atoms with Crippen molar-refractivity contribution in [2.45, 2.75) is 6.18 Å². The Kier molecular flexibility index (Phi) is 5.63. The molecule has 0 aliphatic carbocycles. The van der Waals surface area contributed by atoms with E-state index in [2.05, 4.69) is 15.3 Å². The van der Waals surface area contributed by atoms with Gasteiger partial charge in [-0.15, -0.1) is 0 Å². The number of hydrogen-bond donors (Lipinski definition) is 2. The van der Waals surface area contributed by atoms with Gasteiger partial charge in [-0.25, -0.2) is 4.98 Å². The first-order valence-corrected chi connectivity index (χ1v) is 8.56. The minimum Gasteiger partial charge on any atom is -0.395 e. The second kappa shape index (κ2) is 8.14. The van der Waals surface area contributed by atoms with Crippen molar-refractivity contribution in [2.24, 2.45) is 10.7 Å². The van der Waals surface area contributed by atoms with Crippen LogP contribution in [0, 0.1) is 0 Å². The van der Waals surface area contributed by atoms with E-state index in [1.165, 1.54) is 7.05 Å². The second-order valence-electron chi connectivity index (χ2n) is 6.13. The Morgan fingerprint density at radius 3 is 2.48 bits per heavy atom. The van der Waals surface area contributed by atoms with E-state index in [1.807, 2.05) is 42.5 Å². The van der Waals surface area contributed by atoms with Crippen LogP contribution in [0.25, 0.3) is 22.2 Å². The summed E-state index contributed by atoms with van der Waals surface area (Å²) in [5, 5.41) is 3.04. The van der Waals surface area contributed by atoms with Gasteiger partial charge in [0.05, 0.1) is 11.2 Å². The van der Waals surface area contributed by atoms with Gasteiger partial charge in [-0.05, 0) is 24.3 Å². The molecule has 3 rings (SSSR count). The van der Waals surface area contributed by atoms with Crippen LogP contribution in [-0.2, 0) is 0 Å². The predicted molar refractivity (Wildman–Crippen MR) is 106 cm³/mol. The highest BCUT2D eigenvalue weighted by Gasteiger charge is 2.31. The van der Waals surface area contributed by atoms with Crippen LogP contribution in [0.4, 0.5) is 13.2 Å². The van der Waals surface area contributed by atoms with E-state index >= 15 is 0 Å². The predicted octanol–water partition coefficient (Wildman–Crippen LogP) is 4.06. The first-order valence-electron chi connectivity index (χ1n) is 8.56. The zero-order chi connectivity index (χ0) is 21.0. The topological polar surface area (TPSA) is 80.4 Å². The Balaban J connectivity index is 1.83. The Bertz CT molecular complexity index is 1110. The summed E-state index contributed by atoms with van der Waals surface area (Å²) in [5.41, 5.74) is 6.33. The number of alkyl halides is 3. The summed E-state index contributed by atoms with van der Waals surface area (Å²) in [4.78, 5) is 20.6. The number of hydrogen-bond acceptors (Lipinski definition) is 4. The molecule has 0 aliphatic heterocycles. The maximum atomic E-state index is 12.6. The molecule has 0 atom stereocenters. The van der Waals surface area contributed by atoms with Crippen molar-refractivity contribution in [1.29, 1.82) is 0 Å². The lowest BCUT2D eigenvalue weighted by molar-refractivity contribution is -0.0925. The fourth-order valence-electron chi connectivity index (χ4n) is 2.61. The summed E-state index contributed by atoms with van der Waals surface area (Å²) in [7, 11) is 1.26. The average molecular weight is 398 g/mol. The molecule has 1 heterocycles. The molecule has 3 aromatic rings. The molecular formula is C21H17F3N4O. The second-order valence-corrected chi connectivity index (χ2v) is 6.13. The number of fused-ring (bicyclic) bond motifs is 1. The zero-order valence-corrected chi connectivity index (χ0v) is 15.4. The third kappa shape index (κ3) is 4.78. The number of aromatic nitrogens is 1. The average Bonchev–Trinajstić information content (AvgIpc) is 2.72. The smallest absolute Gasteiger partial charge is 0.395 e. The van der Waals surface area contributed by atoms with Crippen LogP contribution in [0.3, 0.4) is 0 Å². The number of halogens is 3. The lowest BCUT2D eigenvalue weighted by atomic mass is 10.1. The number of carbonyl (C=O) groups excluding carboxylic acids is 1. The van der Waals surface area contributed by atoms with Gasteiger partial charge in [0.25, 0.3) is 5.91 Å². The quantitative estimate of drug-likeness (QED) is 0.516. The van der Waals surface area contributed by atoms with Gasteiger partial charge in [0, 0.05) is 29.6 Å². The maximum absolute atomic E-state index is 12.6. The Morgan fingerprint density at radius 2 is 1.83 bits per heavy atom. The Morgan fingerprint density at radius 1 is 1.10 bits per heavy atom.